The average Bonchev–Trinajstić information content (AvgIpc) is 2.54. The molecule has 128 valence electrons. The highest BCUT2D eigenvalue weighted by Gasteiger charge is 2.28. The topological polar surface area (TPSA) is 49.3 Å². The monoisotopic (exact) mass is 345 g/mol. The summed E-state index contributed by atoms with van der Waals surface area (Å²) in [5, 5.41) is 13.5. The molecule has 0 radical (unpaired) electrons. The van der Waals surface area contributed by atoms with Crippen LogP contribution >= 0.6 is 11.6 Å². The van der Waals surface area contributed by atoms with Crippen LogP contribution in [0.25, 0.3) is 0 Å². The van der Waals surface area contributed by atoms with Gasteiger partial charge in [-0.25, -0.2) is 0 Å². The van der Waals surface area contributed by atoms with Gasteiger partial charge in [-0.05, 0) is 50.5 Å². The third-order valence-corrected chi connectivity index (χ3v) is 4.37. The first-order chi connectivity index (χ1) is 11.3. The van der Waals surface area contributed by atoms with Crippen LogP contribution in [-0.4, -0.2) is 22.7 Å². The number of rotatable bonds is 6. The number of carbonyl (C=O) groups is 1. The molecule has 2 N–H and O–H groups in total. The summed E-state index contributed by atoms with van der Waals surface area (Å²) in [6.45, 7) is 4.95. The standard InChI is InChI=1S/C20H24ClNO2/c1-14(22-19(23)20(2,3)24)18(16-7-5-4-6-8-16)13-15-9-11-17(21)12-10-15/h4-12,14,18,24H,13H2,1-3H3,(H,22,23). The highest BCUT2D eigenvalue weighted by atomic mass is 35.5. The highest BCUT2D eigenvalue weighted by molar-refractivity contribution is 6.30. The van der Waals surface area contributed by atoms with Crippen molar-refractivity contribution in [3.8, 4) is 0 Å². The van der Waals surface area contributed by atoms with Crippen molar-refractivity contribution in [3.63, 3.8) is 0 Å². The van der Waals surface area contributed by atoms with Crippen LogP contribution in [0.15, 0.2) is 54.6 Å². The molecule has 0 bridgehead atoms. The van der Waals surface area contributed by atoms with Crippen LogP contribution in [0, 0.1) is 0 Å². The van der Waals surface area contributed by atoms with E-state index in [9.17, 15) is 9.90 Å². The molecule has 0 aromatic heterocycles. The predicted octanol–water partition coefficient (Wildman–Crippen LogP) is 3.94. The molecule has 0 saturated heterocycles. The molecule has 0 heterocycles. The Balaban J connectivity index is 2.23. The molecule has 0 saturated carbocycles. The lowest BCUT2D eigenvalue weighted by Crippen LogP contribution is -2.47. The Morgan fingerprint density at radius 3 is 2.25 bits per heavy atom. The molecule has 2 unspecified atom stereocenters. The normalized spacial score (nSPS) is 14.0. The van der Waals surface area contributed by atoms with Gasteiger partial charge in [-0.2, -0.15) is 0 Å². The first-order valence-corrected chi connectivity index (χ1v) is 8.48. The lowest BCUT2D eigenvalue weighted by Gasteiger charge is -2.28. The molecule has 2 rings (SSSR count). The summed E-state index contributed by atoms with van der Waals surface area (Å²) >= 11 is 5.96. The van der Waals surface area contributed by atoms with Gasteiger partial charge in [0, 0.05) is 17.0 Å². The third-order valence-electron chi connectivity index (χ3n) is 4.11. The van der Waals surface area contributed by atoms with Crippen molar-refractivity contribution in [2.45, 2.75) is 44.8 Å². The van der Waals surface area contributed by atoms with Crippen LogP contribution in [0.3, 0.4) is 0 Å². The largest absolute Gasteiger partial charge is 0.381 e. The number of benzene rings is 2. The van der Waals surface area contributed by atoms with Crippen molar-refractivity contribution >= 4 is 17.5 Å². The van der Waals surface area contributed by atoms with Crippen LogP contribution in [-0.2, 0) is 11.2 Å². The Labute approximate surface area is 148 Å². The summed E-state index contributed by atoms with van der Waals surface area (Å²) in [4.78, 5) is 12.1. The number of hydrogen-bond acceptors (Lipinski definition) is 2. The summed E-state index contributed by atoms with van der Waals surface area (Å²) in [5.41, 5.74) is 0.907. The van der Waals surface area contributed by atoms with Crippen LogP contribution in [0.4, 0.5) is 0 Å². The predicted molar refractivity (Wildman–Crippen MR) is 98.2 cm³/mol. The maximum absolute atomic E-state index is 12.1. The van der Waals surface area contributed by atoms with Gasteiger partial charge in [0.05, 0.1) is 0 Å². The van der Waals surface area contributed by atoms with E-state index in [2.05, 4.69) is 17.4 Å². The van der Waals surface area contributed by atoms with Crippen LogP contribution in [0.5, 0.6) is 0 Å². The Morgan fingerprint density at radius 1 is 1.12 bits per heavy atom. The van der Waals surface area contributed by atoms with Gasteiger partial charge >= 0.3 is 0 Å². The van der Waals surface area contributed by atoms with Crippen molar-refractivity contribution in [2.75, 3.05) is 0 Å². The van der Waals surface area contributed by atoms with Crippen molar-refractivity contribution in [1.29, 1.82) is 0 Å². The van der Waals surface area contributed by atoms with Crippen LogP contribution < -0.4 is 5.32 Å². The maximum atomic E-state index is 12.1. The maximum Gasteiger partial charge on any atom is 0.251 e. The minimum Gasteiger partial charge on any atom is -0.381 e. The number of amides is 1. The molecule has 1 amide bonds. The van der Waals surface area contributed by atoms with Gasteiger partial charge in [-0.3, -0.25) is 4.79 Å². The highest BCUT2D eigenvalue weighted by Crippen LogP contribution is 2.25. The van der Waals surface area contributed by atoms with E-state index in [-0.39, 0.29) is 17.9 Å². The zero-order valence-electron chi connectivity index (χ0n) is 14.3. The summed E-state index contributed by atoms with van der Waals surface area (Å²) in [6, 6.07) is 17.7. The fourth-order valence-electron chi connectivity index (χ4n) is 2.64. The smallest absolute Gasteiger partial charge is 0.251 e. The molecule has 2 aromatic carbocycles. The lowest BCUT2D eigenvalue weighted by atomic mass is 9.86. The molecule has 4 heteroatoms. The first kappa shape index (κ1) is 18.5. The van der Waals surface area contributed by atoms with E-state index in [0.29, 0.717) is 5.02 Å². The van der Waals surface area contributed by atoms with Gasteiger partial charge in [-0.1, -0.05) is 54.1 Å². The molecule has 3 nitrogen and oxygen atoms in total. The van der Waals surface area contributed by atoms with E-state index in [4.69, 9.17) is 11.6 Å². The van der Waals surface area contributed by atoms with E-state index in [0.717, 1.165) is 17.5 Å². The van der Waals surface area contributed by atoms with Gasteiger partial charge < -0.3 is 10.4 Å². The number of nitrogens with one attached hydrogen (secondary N) is 1. The van der Waals surface area contributed by atoms with Crippen LogP contribution in [0.2, 0.25) is 5.02 Å². The molecule has 2 aromatic rings. The SMILES string of the molecule is CC(NC(=O)C(C)(C)O)C(Cc1ccc(Cl)cc1)c1ccccc1. The van der Waals surface area contributed by atoms with Crippen molar-refractivity contribution in [1.82, 2.24) is 5.32 Å². The minimum atomic E-state index is -1.39. The number of halogens is 1. The lowest BCUT2D eigenvalue weighted by molar-refractivity contribution is -0.137. The second kappa shape index (κ2) is 7.82. The summed E-state index contributed by atoms with van der Waals surface area (Å²) in [5.74, 6) is -0.272. The van der Waals surface area contributed by atoms with Crippen LogP contribution in [0.1, 0.15) is 37.8 Å². The molecule has 0 spiro atoms. The fourth-order valence-corrected chi connectivity index (χ4v) is 2.77. The van der Waals surface area contributed by atoms with E-state index >= 15 is 0 Å². The number of aliphatic hydroxyl groups is 1. The van der Waals surface area contributed by atoms with Crippen molar-refractivity contribution in [2.24, 2.45) is 0 Å². The molecule has 24 heavy (non-hydrogen) atoms. The zero-order valence-corrected chi connectivity index (χ0v) is 15.0. The molecule has 0 aliphatic rings. The van der Waals surface area contributed by atoms with Crippen molar-refractivity contribution in [3.05, 3.63) is 70.7 Å². The fraction of sp³-hybridized carbons (Fsp3) is 0.350. The summed E-state index contributed by atoms with van der Waals surface area (Å²) < 4.78 is 0. The Morgan fingerprint density at radius 2 is 1.71 bits per heavy atom. The second-order valence-electron chi connectivity index (χ2n) is 6.67. The molecule has 2 atom stereocenters. The molecular formula is C20H24ClNO2. The summed E-state index contributed by atoms with van der Waals surface area (Å²) in [6.07, 6.45) is 0.772. The second-order valence-corrected chi connectivity index (χ2v) is 7.11. The molecule has 0 aliphatic carbocycles. The van der Waals surface area contributed by atoms with E-state index < -0.39 is 5.60 Å². The third kappa shape index (κ3) is 5.08. The first-order valence-electron chi connectivity index (χ1n) is 8.10. The Hall–Kier alpha value is -1.84. The van der Waals surface area contributed by atoms with Gasteiger partial charge in [0.2, 0.25) is 0 Å². The van der Waals surface area contributed by atoms with Gasteiger partial charge in [0.25, 0.3) is 5.91 Å². The molecule has 0 fully saturated rings. The van der Waals surface area contributed by atoms with Gasteiger partial charge in [-0.15, -0.1) is 0 Å². The van der Waals surface area contributed by atoms with E-state index in [1.807, 2.05) is 49.4 Å². The molecule has 0 aliphatic heterocycles. The Bertz CT molecular complexity index is 662. The quantitative estimate of drug-likeness (QED) is 0.833. The Kier molecular flexibility index (Phi) is 6.03. The zero-order chi connectivity index (χ0) is 17.7. The minimum absolute atomic E-state index is 0.0960. The van der Waals surface area contributed by atoms with Crippen molar-refractivity contribution < 1.29 is 9.90 Å². The van der Waals surface area contributed by atoms with E-state index in [1.54, 1.807) is 0 Å². The average molecular weight is 346 g/mol. The van der Waals surface area contributed by atoms with E-state index in [1.165, 1.54) is 13.8 Å². The van der Waals surface area contributed by atoms with Gasteiger partial charge in [0.1, 0.15) is 5.60 Å². The molecular weight excluding hydrogens is 322 g/mol. The summed E-state index contributed by atoms with van der Waals surface area (Å²) in [7, 11) is 0. The number of carbonyl (C=O) groups excluding carboxylic acids is 1. The van der Waals surface area contributed by atoms with Gasteiger partial charge in [0.15, 0.2) is 0 Å². The number of hydrogen-bond donors (Lipinski definition) is 2.